The Morgan fingerprint density at radius 3 is 2.53 bits per heavy atom. The van der Waals surface area contributed by atoms with Crippen LogP contribution in [0.5, 0.6) is 5.75 Å². The number of pyridine rings is 1. The Kier molecular flexibility index (Phi) is 3.40. The second-order valence-corrected chi connectivity index (χ2v) is 3.41. The van der Waals surface area contributed by atoms with E-state index >= 15 is 0 Å². The molecule has 0 aliphatic rings. The maximum atomic E-state index is 12.0. The van der Waals surface area contributed by atoms with Crippen LogP contribution in [0.2, 0.25) is 0 Å². The molecule has 0 amide bonds. The second kappa shape index (κ2) is 4.23. The van der Waals surface area contributed by atoms with E-state index in [9.17, 15) is 13.2 Å². The van der Waals surface area contributed by atoms with Gasteiger partial charge in [0.1, 0.15) is 5.82 Å². The van der Waals surface area contributed by atoms with Crippen LogP contribution in [0.1, 0.15) is 5.69 Å². The summed E-state index contributed by atoms with van der Waals surface area (Å²) in [6, 6.07) is 1.08. The van der Waals surface area contributed by atoms with Crippen molar-refractivity contribution in [2.45, 2.75) is 12.9 Å². The first kappa shape index (κ1) is 12.1. The Labute approximate surface area is 91.5 Å². The lowest BCUT2D eigenvalue weighted by Crippen LogP contribution is -2.19. The molecule has 0 atom stereocenters. The Morgan fingerprint density at radius 2 is 2.07 bits per heavy atom. The van der Waals surface area contributed by atoms with Gasteiger partial charge in [-0.2, -0.15) is 0 Å². The normalized spacial score (nSPS) is 11.5. The number of halogens is 4. The van der Waals surface area contributed by atoms with Crippen molar-refractivity contribution >= 4 is 21.7 Å². The first-order valence-corrected chi connectivity index (χ1v) is 4.53. The van der Waals surface area contributed by atoms with Crippen molar-refractivity contribution < 1.29 is 17.9 Å². The van der Waals surface area contributed by atoms with Gasteiger partial charge in [0.15, 0.2) is 5.75 Å². The molecule has 4 N–H and O–H groups in total. The molecule has 15 heavy (non-hydrogen) atoms. The zero-order chi connectivity index (χ0) is 11.6. The average molecular weight is 286 g/mol. The van der Waals surface area contributed by atoms with Gasteiger partial charge in [-0.3, -0.25) is 0 Å². The Morgan fingerprint density at radius 1 is 1.47 bits per heavy atom. The molecule has 4 nitrogen and oxygen atoms in total. The predicted molar refractivity (Wildman–Crippen MR) is 50.9 cm³/mol. The van der Waals surface area contributed by atoms with Gasteiger partial charge in [-0.1, -0.05) is 0 Å². The summed E-state index contributed by atoms with van der Waals surface area (Å²) in [5.74, 6) is -0.393. The van der Waals surface area contributed by atoms with Gasteiger partial charge in [0, 0.05) is 12.6 Å². The molecular formula is C7H7BrF3N3O. The third-order valence-electron chi connectivity index (χ3n) is 1.46. The Hall–Kier alpha value is -1.02. The highest BCUT2D eigenvalue weighted by atomic mass is 79.9. The molecule has 8 heteroatoms. The van der Waals surface area contributed by atoms with Crippen molar-refractivity contribution in [2.75, 3.05) is 5.73 Å². The van der Waals surface area contributed by atoms with Crippen LogP contribution in [-0.2, 0) is 6.54 Å². The molecule has 84 valence electrons. The van der Waals surface area contributed by atoms with E-state index in [1.54, 1.807) is 0 Å². The highest BCUT2D eigenvalue weighted by Gasteiger charge is 2.32. The van der Waals surface area contributed by atoms with E-state index < -0.39 is 12.1 Å². The van der Waals surface area contributed by atoms with Crippen molar-refractivity contribution in [3.8, 4) is 5.75 Å². The zero-order valence-electron chi connectivity index (χ0n) is 7.31. The van der Waals surface area contributed by atoms with E-state index in [-0.39, 0.29) is 22.5 Å². The minimum Gasteiger partial charge on any atom is -0.404 e. The van der Waals surface area contributed by atoms with Crippen LogP contribution in [-0.4, -0.2) is 11.3 Å². The number of anilines is 1. The van der Waals surface area contributed by atoms with Crippen LogP contribution in [0.15, 0.2) is 10.5 Å². The maximum absolute atomic E-state index is 12.0. The fraction of sp³-hybridized carbons (Fsp3) is 0.286. The molecule has 0 radical (unpaired) electrons. The highest BCUT2D eigenvalue weighted by molar-refractivity contribution is 9.10. The summed E-state index contributed by atoms with van der Waals surface area (Å²) < 4.78 is 39.8. The number of alkyl halides is 3. The van der Waals surface area contributed by atoms with Gasteiger partial charge in [0.25, 0.3) is 0 Å². The lowest BCUT2D eigenvalue weighted by Gasteiger charge is -2.12. The summed E-state index contributed by atoms with van der Waals surface area (Å²) in [5, 5.41) is 0. The van der Waals surface area contributed by atoms with E-state index in [4.69, 9.17) is 11.5 Å². The van der Waals surface area contributed by atoms with Crippen LogP contribution >= 0.6 is 15.9 Å². The third-order valence-corrected chi connectivity index (χ3v) is 2.10. The number of nitrogens with two attached hydrogens (primary N) is 2. The van der Waals surface area contributed by atoms with Gasteiger partial charge >= 0.3 is 6.36 Å². The molecule has 0 saturated heterocycles. The number of nitrogen functional groups attached to an aromatic ring is 1. The molecule has 0 aliphatic carbocycles. The molecule has 0 fully saturated rings. The number of ether oxygens (including phenoxy) is 1. The zero-order valence-corrected chi connectivity index (χ0v) is 8.89. The molecule has 0 saturated carbocycles. The molecular weight excluding hydrogens is 279 g/mol. The molecule has 0 unspecified atom stereocenters. The van der Waals surface area contributed by atoms with Crippen LogP contribution in [0.3, 0.4) is 0 Å². The molecule has 1 aromatic heterocycles. The third kappa shape index (κ3) is 3.24. The predicted octanol–water partition coefficient (Wildman–Crippen LogP) is 1.78. The summed E-state index contributed by atoms with van der Waals surface area (Å²) in [6.07, 6.45) is -4.78. The summed E-state index contributed by atoms with van der Waals surface area (Å²) in [6.45, 7) is -0.192. The molecule has 0 aliphatic heterocycles. The number of hydrogen-bond donors (Lipinski definition) is 2. The standard InChI is InChI=1S/C7H7BrF3N3O/c8-3-1-5(15-7(9,10)11)4(2-12)14-6(3)13/h1H,2,12H2,(H2,13,14). The number of nitrogens with zero attached hydrogens (tertiary/aromatic N) is 1. The summed E-state index contributed by atoms with van der Waals surface area (Å²) in [5.41, 5.74) is 10.5. The van der Waals surface area contributed by atoms with Crippen LogP contribution < -0.4 is 16.2 Å². The lowest BCUT2D eigenvalue weighted by molar-refractivity contribution is -0.275. The quantitative estimate of drug-likeness (QED) is 0.869. The van der Waals surface area contributed by atoms with Gasteiger partial charge in [-0.05, 0) is 15.9 Å². The minimum absolute atomic E-state index is 0.0481. The van der Waals surface area contributed by atoms with Crippen molar-refractivity contribution in [1.29, 1.82) is 0 Å². The number of aromatic nitrogens is 1. The van der Waals surface area contributed by atoms with E-state index in [0.717, 1.165) is 6.07 Å². The van der Waals surface area contributed by atoms with Crippen molar-refractivity contribution in [3.05, 3.63) is 16.2 Å². The molecule has 0 bridgehead atoms. The smallest absolute Gasteiger partial charge is 0.404 e. The molecule has 1 rings (SSSR count). The molecule has 1 heterocycles. The fourth-order valence-corrected chi connectivity index (χ4v) is 1.18. The van der Waals surface area contributed by atoms with Crippen molar-refractivity contribution in [3.63, 3.8) is 0 Å². The van der Waals surface area contributed by atoms with Gasteiger partial charge in [0.05, 0.1) is 10.2 Å². The Balaban J connectivity index is 3.11. The van der Waals surface area contributed by atoms with Gasteiger partial charge in [-0.25, -0.2) is 4.98 Å². The summed E-state index contributed by atoms with van der Waals surface area (Å²) in [7, 11) is 0. The summed E-state index contributed by atoms with van der Waals surface area (Å²) >= 11 is 2.94. The summed E-state index contributed by atoms with van der Waals surface area (Å²) in [4.78, 5) is 3.66. The van der Waals surface area contributed by atoms with Crippen molar-refractivity contribution in [1.82, 2.24) is 4.98 Å². The van der Waals surface area contributed by atoms with Crippen molar-refractivity contribution in [2.24, 2.45) is 5.73 Å². The first-order chi connectivity index (χ1) is 6.83. The SMILES string of the molecule is NCc1nc(N)c(Br)cc1OC(F)(F)F. The van der Waals surface area contributed by atoms with E-state index in [0.29, 0.717) is 0 Å². The highest BCUT2D eigenvalue weighted by Crippen LogP contribution is 2.30. The van der Waals surface area contributed by atoms with Crippen LogP contribution in [0.4, 0.5) is 19.0 Å². The van der Waals surface area contributed by atoms with E-state index in [1.807, 2.05) is 0 Å². The largest absolute Gasteiger partial charge is 0.573 e. The number of rotatable bonds is 2. The minimum atomic E-state index is -4.78. The van der Waals surface area contributed by atoms with Crippen LogP contribution in [0.25, 0.3) is 0 Å². The topological polar surface area (TPSA) is 74.2 Å². The fourth-order valence-electron chi connectivity index (χ4n) is 0.886. The molecule has 0 spiro atoms. The van der Waals surface area contributed by atoms with E-state index in [1.165, 1.54) is 0 Å². The average Bonchev–Trinajstić information content (AvgIpc) is 2.08. The monoisotopic (exact) mass is 285 g/mol. The number of hydrogen-bond acceptors (Lipinski definition) is 4. The maximum Gasteiger partial charge on any atom is 0.573 e. The van der Waals surface area contributed by atoms with Gasteiger partial charge < -0.3 is 16.2 Å². The second-order valence-electron chi connectivity index (χ2n) is 2.55. The van der Waals surface area contributed by atoms with Gasteiger partial charge in [-0.15, -0.1) is 13.2 Å². The van der Waals surface area contributed by atoms with Crippen LogP contribution in [0, 0.1) is 0 Å². The lowest BCUT2D eigenvalue weighted by atomic mass is 10.3. The first-order valence-electron chi connectivity index (χ1n) is 3.74. The molecule has 1 aromatic rings. The molecule has 0 aromatic carbocycles. The van der Waals surface area contributed by atoms with Gasteiger partial charge in [0.2, 0.25) is 0 Å². The Bertz CT molecular complexity index is 369. The van der Waals surface area contributed by atoms with E-state index in [2.05, 4.69) is 25.7 Å².